The van der Waals surface area contributed by atoms with Gasteiger partial charge in [0.1, 0.15) is 5.75 Å². The summed E-state index contributed by atoms with van der Waals surface area (Å²) in [5.41, 5.74) is 0.759. The van der Waals surface area contributed by atoms with Gasteiger partial charge >= 0.3 is 0 Å². The first-order valence-electron chi connectivity index (χ1n) is 5.59. The van der Waals surface area contributed by atoms with Crippen LogP contribution in [-0.2, 0) is 0 Å². The number of ketones is 1. The van der Waals surface area contributed by atoms with Crippen molar-refractivity contribution in [3.05, 3.63) is 29.8 Å². The summed E-state index contributed by atoms with van der Waals surface area (Å²) in [5.74, 6) is 1.01. The van der Waals surface area contributed by atoms with E-state index in [0.29, 0.717) is 12.5 Å². The van der Waals surface area contributed by atoms with Gasteiger partial charge in [-0.2, -0.15) is 0 Å². The molecule has 0 unspecified atom stereocenters. The predicted molar refractivity (Wildman–Crippen MR) is 59.3 cm³/mol. The molecule has 0 N–H and O–H groups in total. The van der Waals surface area contributed by atoms with E-state index in [-0.39, 0.29) is 5.78 Å². The first-order valence-corrected chi connectivity index (χ1v) is 5.59. The Kier molecular flexibility index (Phi) is 3.05. The van der Waals surface area contributed by atoms with Gasteiger partial charge < -0.3 is 4.74 Å². The van der Waals surface area contributed by atoms with Crippen molar-refractivity contribution in [2.75, 3.05) is 0 Å². The van der Waals surface area contributed by atoms with Crippen LogP contribution >= 0.6 is 0 Å². The minimum atomic E-state index is 0.175. The van der Waals surface area contributed by atoms with Crippen LogP contribution in [0.1, 0.15) is 43.0 Å². The van der Waals surface area contributed by atoms with Crippen molar-refractivity contribution in [1.29, 1.82) is 0 Å². The van der Waals surface area contributed by atoms with Crippen LogP contribution in [0.25, 0.3) is 0 Å². The highest BCUT2D eigenvalue weighted by Crippen LogP contribution is 2.25. The van der Waals surface area contributed by atoms with E-state index < -0.39 is 0 Å². The zero-order valence-electron chi connectivity index (χ0n) is 9.03. The number of hydrogen-bond donors (Lipinski definition) is 0. The molecule has 0 atom stereocenters. The number of carbonyl (C=O) groups is 1. The molecule has 1 aromatic carbocycles. The second kappa shape index (κ2) is 4.47. The first-order chi connectivity index (χ1) is 7.29. The Morgan fingerprint density at radius 2 is 2.27 bits per heavy atom. The van der Waals surface area contributed by atoms with Crippen molar-refractivity contribution >= 4 is 5.78 Å². The van der Waals surface area contributed by atoms with E-state index in [2.05, 4.69) is 0 Å². The minimum absolute atomic E-state index is 0.175. The highest BCUT2D eigenvalue weighted by Gasteiger charge is 2.19. The van der Waals surface area contributed by atoms with Crippen molar-refractivity contribution in [3.63, 3.8) is 0 Å². The Hall–Kier alpha value is -1.31. The van der Waals surface area contributed by atoms with Gasteiger partial charge in [-0.3, -0.25) is 4.79 Å². The summed E-state index contributed by atoms with van der Waals surface area (Å²) in [5, 5.41) is 0. The summed E-state index contributed by atoms with van der Waals surface area (Å²) < 4.78 is 5.73. The van der Waals surface area contributed by atoms with Crippen LogP contribution in [-0.4, -0.2) is 11.9 Å². The molecule has 1 aromatic rings. The molecule has 2 rings (SSSR count). The monoisotopic (exact) mass is 204 g/mol. The van der Waals surface area contributed by atoms with E-state index >= 15 is 0 Å². The van der Waals surface area contributed by atoms with Gasteiger partial charge in [-0.1, -0.05) is 19.1 Å². The SMILES string of the molecule is CCC(=O)c1cccc(OC2CCC2)c1. The number of hydrogen-bond acceptors (Lipinski definition) is 2. The maximum absolute atomic E-state index is 11.5. The third kappa shape index (κ3) is 2.38. The lowest BCUT2D eigenvalue weighted by Gasteiger charge is -2.26. The smallest absolute Gasteiger partial charge is 0.162 e. The second-order valence-electron chi connectivity index (χ2n) is 3.98. The van der Waals surface area contributed by atoms with Gasteiger partial charge in [0.2, 0.25) is 0 Å². The van der Waals surface area contributed by atoms with Crippen molar-refractivity contribution in [1.82, 2.24) is 0 Å². The lowest BCUT2D eigenvalue weighted by Crippen LogP contribution is -2.24. The Morgan fingerprint density at radius 3 is 2.87 bits per heavy atom. The molecule has 80 valence electrons. The number of carbonyl (C=O) groups excluding carboxylic acids is 1. The maximum atomic E-state index is 11.5. The maximum Gasteiger partial charge on any atom is 0.162 e. The molecule has 0 amide bonds. The molecule has 0 spiro atoms. The van der Waals surface area contributed by atoms with Crippen LogP contribution in [0.4, 0.5) is 0 Å². The first kappa shape index (κ1) is 10.2. The van der Waals surface area contributed by atoms with Crippen LogP contribution < -0.4 is 4.74 Å². The molecule has 0 radical (unpaired) electrons. The van der Waals surface area contributed by atoms with E-state index in [0.717, 1.165) is 24.2 Å². The second-order valence-corrected chi connectivity index (χ2v) is 3.98. The minimum Gasteiger partial charge on any atom is -0.490 e. The number of Topliss-reactive ketones (excluding diaryl/α,β-unsaturated/α-hetero) is 1. The molecule has 2 heteroatoms. The standard InChI is InChI=1S/C13H16O2/c1-2-13(14)10-5-3-8-12(9-10)15-11-6-4-7-11/h3,5,8-9,11H,2,4,6-7H2,1H3. The van der Waals surface area contributed by atoms with Crippen LogP contribution in [0, 0.1) is 0 Å². The molecule has 0 heterocycles. The average Bonchev–Trinajstić information content (AvgIpc) is 2.23. The highest BCUT2D eigenvalue weighted by molar-refractivity contribution is 5.96. The quantitative estimate of drug-likeness (QED) is 0.704. The predicted octanol–water partition coefficient (Wildman–Crippen LogP) is 3.21. The van der Waals surface area contributed by atoms with Gasteiger partial charge in [-0.25, -0.2) is 0 Å². The molecule has 2 nitrogen and oxygen atoms in total. The molecule has 0 bridgehead atoms. The summed E-state index contributed by atoms with van der Waals surface area (Å²) >= 11 is 0. The molecule has 0 saturated heterocycles. The molecule has 1 fully saturated rings. The van der Waals surface area contributed by atoms with E-state index in [4.69, 9.17) is 4.74 Å². The lowest BCUT2D eigenvalue weighted by atomic mass is 9.96. The normalized spacial score (nSPS) is 15.8. The summed E-state index contributed by atoms with van der Waals surface area (Å²) in [4.78, 5) is 11.5. The fourth-order valence-electron chi connectivity index (χ4n) is 1.63. The third-order valence-corrected chi connectivity index (χ3v) is 2.83. The Morgan fingerprint density at radius 1 is 1.47 bits per heavy atom. The number of ether oxygens (including phenoxy) is 1. The van der Waals surface area contributed by atoms with E-state index in [1.165, 1.54) is 6.42 Å². The Bertz CT molecular complexity index is 353. The van der Waals surface area contributed by atoms with Gasteiger partial charge in [0.05, 0.1) is 6.10 Å². The molecule has 15 heavy (non-hydrogen) atoms. The number of benzene rings is 1. The highest BCUT2D eigenvalue weighted by atomic mass is 16.5. The largest absolute Gasteiger partial charge is 0.490 e. The average molecular weight is 204 g/mol. The van der Waals surface area contributed by atoms with E-state index in [9.17, 15) is 4.79 Å². The third-order valence-electron chi connectivity index (χ3n) is 2.83. The van der Waals surface area contributed by atoms with Crippen LogP contribution in [0.5, 0.6) is 5.75 Å². The zero-order valence-corrected chi connectivity index (χ0v) is 9.03. The molecular weight excluding hydrogens is 188 g/mol. The van der Waals surface area contributed by atoms with E-state index in [1.54, 1.807) is 0 Å². The van der Waals surface area contributed by atoms with Gasteiger partial charge in [0.15, 0.2) is 5.78 Å². The summed E-state index contributed by atoms with van der Waals surface area (Å²) in [7, 11) is 0. The van der Waals surface area contributed by atoms with Gasteiger partial charge in [-0.05, 0) is 31.4 Å². The molecule has 1 saturated carbocycles. The van der Waals surface area contributed by atoms with Crippen molar-refractivity contribution < 1.29 is 9.53 Å². The molecule has 1 aliphatic rings. The van der Waals surface area contributed by atoms with Gasteiger partial charge in [0.25, 0.3) is 0 Å². The Labute approximate surface area is 90.3 Å². The van der Waals surface area contributed by atoms with Gasteiger partial charge in [0, 0.05) is 12.0 Å². The molecule has 0 aliphatic heterocycles. The van der Waals surface area contributed by atoms with Crippen LogP contribution in [0.2, 0.25) is 0 Å². The molecule has 1 aliphatic carbocycles. The van der Waals surface area contributed by atoms with Crippen molar-refractivity contribution in [2.24, 2.45) is 0 Å². The number of rotatable bonds is 4. The van der Waals surface area contributed by atoms with Crippen LogP contribution in [0.3, 0.4) is 0 Å². The fraction of sp³-hybridized carbons (Fsp3) is 0.462. The van der Waals surface area contributed by atoms with Crippen molar-refractivity contribution in [2.45, 2.75) is 38.7 Å². The topological polar surface area (TPSA) is 26.3 Å². The summed E-state index contributed by atoms with van der Waals surface area (Å²) in [6, 6.07) is 7.51. The van der Waals surface area contributed by atoms with Gasteiger partial charge in [-0.15, -0.1) is 0 Å². The Balaban J connectivity index is 2.07. The fourth-order valence-corrected chi connectivity index (χ4v) is 1.63. The van der Waals surface area contributed by atoms with Crippen molar-refractivity contribution in [3.8, 4) is 5.75 Å². The summed E-state index contributed by atoms with van der Waals surface area (Å²) in [6.07, 6.45) is 4.47. The zero-order chi connectivity index (χ0) is 10.7. The molecular formula is C13H16O2. The summed E-state index contributed by atoms with van der Waals surface area (Å²) in [6.45, 7) is 1.88. The lowest BCUT2D eigenvalue weighted by molar-refractivity contribution is 0.0984. The molecule has 0 aromatic heterocycles. The van der Waals surface area contributed by atoms with E-state index in [1.807, 2.05) is 31.2 Å². The van der Waals surface area contributed by atoms with Crippen LogP contribution in [0.15, 0.2) is 24.3 Å².